The van der Waals surface area contributed by atoms with Crippen molar-refractivity contribution in [2.24, 2.45) is 0 Å². The summed E-state index contributed by atoms with van der Waals surface area (Å²) < 4.78 is 5.15. The second kappa shape index (κ2) is 6.48. The van der Waals surface area contributed by atoms with E-state index in [1.807, 2.05) is 55.5 Å². The third-order valence-corrected chi connectivity index (χ3v) is 3.83. The molecule has 0 radical (unpaired) electrons. The molecule has 4 heteroatoms. The van der Waals surface area contributed by atoms with Gasteiger partial charge in [-0.1, -0.05) is 18.2 Å². The smallest absolute Gasteiger partial charge is 0.251 e. The number of fused-ring (bicyclic) bond motifs is 1. The van der Waals surface area contributed by atoms with Gasteiger partial charge >= 0.3 is 0 Å². The molecule has 0 spiro atoms. The molecule has 2 aromatic carbocycles. The quantitative estimate of drug-likeness (QED) is 0.799. The van der Waals surface area contributed by atoms with Gasteiger partial charge in [-0.05, 0) is 48.9 Å². The van der Waals surface area contributed by atoms with Crippen molar-refractivity contribution < 1.29 is 9.53 Å². The topological polar surface area (TPSA) is 51.2 Å². The van der Waals surface area contributed by atoms with E-state index in [1.165, 1.54) is 0 Å². The van der Waals surface area contributed by atoms with Crippen LogP contribution in [0.1, 0.15) is 28.9 Å². The lowest BCUT2D eigenvalue weighted by atomic mass is 10.1. The van der Waals surface area contributed by atoms with E-state index >= 15 is 0 Å². The second-order valence-corrected chi connectivity index (χ2v) is 5.38. The fourth-order valence-electron chi connectivity index (χ4n) is 2.47. The predicted molar refractivity (Wildman–Crippen MR) is 90.6 cm³/mol. The molecule has 3 aromatic rings. The number of nitrogens with one attached hydrogen (secondary N) is 1. The molecular weight excluding hydrogens is 288 g/mol. The monoisotopic (exact) mass is 306 g/mol. The number of nitrogens with zero attached hydrogens (tertiary/aromatic N) is 1. The number of methoxy groups -OCH3 is 1. The van der Waals surface area contributed by atoms with Gasteiger partial charge < -0.3 is 10.1 Å². The molecule has 3 rings (SSSR count). The Balaban J connectivity index is 1.76. The van der Waals surface area contributed by atoms with Gasteiger partial charge in [0.15, 0.2) is 0 Å². The Kier molecular flexibility index (Phi) is 4.24. The molecule has 0 bridgehead atoms. The average Bonchev–Trinajstić information content (AvgIpc) is 2.61. The van der Waals surface area contributed by atoms with Crippen LogP contribution in [0.2, 0.25) is 0 Å². The van der Waals surface area contributed by atoms with E-state index in [2.05, 4.69) is 10.3 Å². The lowest BCUT2D eigenvalue weighted by molar-refractivity contribution is 0.0940. The highest BCUT2D eigenvalue weighted by Gasteiger charge is 2.12. The zero-order valence-corrected chi connectivity index (χ0v) is 13.1. The van der Waals surface area contributed by atoms with E-state index in [9.17, 15) is 4.79 Å². The van der Waals surface area contributed by atoms with Gasteiger partial charge in [0.2, 0.25) is 0 Å². The Morgan fingerprint density at radius 3 is 2.65 bits per heavy atom. The Hall–Kier alpha value is -2.88. The van der Waals surface area contributed by atoms with Gasteiger partial charge in [0.1, 0.15) is 5.75 Å². The highest BCUT2D eigenvalue weighted by molar-refractivity contribution is 5.98. The highest BCUT2D eigenvalue weighted by Crippen LogP contribution is 2.18. The fourth-order valence-corrected chi connectivity index (χ4v) is 2.47. The van der Waals surface area contributed by atoms with Gasteiger partial charge in [-0.3, -0.25) is 9.78 Å². The zero-order valence-electron chi connectivity index (χ0n) is 13.1. The maximum Gasteiger partial charge on any atom is 0.251 e. The van der Waals surface area contributed by atoms with Crippen molar-refractivity contribution >= 4 is 16.8 Å². The van der Waals surface area contributed by atoms with E-state index in [-0.39, 0.29) is 11.9 Å². The molecule has 1 unspecified atom stereocenters. The van der Waals surface area contributed by atoms with Crippen molar-refractivity contribution in [2.45, 2.75) is 13.0 Å². The molecule has 0 aliphatic rings. The first-order chi connectivity index (χ1) is 11.2. The summed E-state index contributed by atoms with van der Waals surface area (Å²) in [5.74, 6) is 0.702. The molecule has 116 valence electrons. The van der Waals surface area contributed by atoms with Crippen LogP contribution in [0.4, 0.5) is 0 Å². The van der Waals surface area contributed by atoms with Crippen LogP contribution in [0.5, 0.6) is 5.75 Å². The minimum Gasteiger partial charge on any atom is -0.497 e. The molecule has 1 N–H and O–H groups in total. The first kappa shape index (κ1) is 15.0. The van der Waals surface area contributed by atoms with Crippen molar-refractivity contribution in [3.8, 4) is 5.75 Å². The van der Waals surface area contributed by atoms with E-state index in [4.69, 9.17) is 4.74 Å². The van der Waals surface area contributed by atoms with Crippen LogP contribution in [-0.4, -0.2) is 18.0 Å². The second-order valence-electron chi connectivity index (χ2n) is 5.38. The molecule has 4 nitrogen and oxygen atoms in total. The number of hydrogen-bond acceptors (Lipinski definition) is 3. The van der Waals surface area contributed by atoms with Crippen LogP contribution in [-0.2, 0) is 0 Å². The number of pyridine rings is 1. The largest absolute Gasteiger partial charge is 0.497 e. The first-order valence-corrected chi connectivity index (χ1v) is 7.47. The fraction of sp³-hybridized carbons (Fsp3) is 0.158. The SMILES string of the molecule is COc1ccc(C(C)NC(=O)c2ccc3ncccc3c2)cc1. The van der Waals surface area contributed by atoms with E-state index < -0.39 is 0 Å². The standard InChI is InChI=1S/C19H18N2O2/c1-13(14-5-8-17(23-2)9-6-14)21-19(22)16-7-10-18-15(12-16)4-3-11-20-18/h3-13H,1-2H3,(H,21,22). The van der Waals surface area contributed by atoms with Crippen molar-refractivity contribution in [1.82, 2.24) is 10.3 Å². The van der Waals surface area contributed by atoms with Crippen LogP contribution in [0.3, 0.4) is 0 Å². The first-order valence-electron chi connectivity index (χ1n) is 7.47. The minimum atomic E-state index is -0.0981. The van der Waals surface area contributed by atoms with Gasteiger partial charge in [0, 0.05) is 17.1 Å². The highest BCUT2D eigenvalue weighted by atomic mass is 16.5. The summed E-state index contributed by atoms with van der Waals surface area (Å²) in [4.78, 5) is 16.7. The molecule has 1 atom stereocenters. The summed E-state index contributed by atoms with van der Waals surface area (Å²) in [5, 5.41) is 3.97. The third-order valence-electron chi connectivity index (χ3n) is 3.83. The molecule has 1 amide bonds. The Labute approximate surface area is 135 Å². The van der Waals surface area contributed by atoms with E-state index in [0.29, 0.717) is 5.56 Å². The Morgan fingerprint density at radius 1 is 1.13 bits per heavy atom. The summed E-state index contributed by atoms with van der Waals surface area (Å²) in [6.45, 7) is 1.96. The summed E-state index contributed by atoms with van der Waals surface area (Å²) in [6, 6.07) is 16.9. The predicted octanol–water partition coefficient (Wildman–Crippen LogP) is 3.73. The van der Waals surface area contributed by atoms with Gasteiger partial charge in [-0.2, -0.15) is 0 Å². The maximum atomic E-state index is 12.4. The molecule has 0 aliphatic heterocycles. The van der Waals surface area contributed by atoms with Crippen LogP contribution in [0, 0.1) is 0 Å². The summed E-state index contributed by atoms with van der Waals surface area (Å²) >= 11 is 0. The van der Waals surface area contributed by atoms with Crippen molar-refractivity contribution in [2.75, 3.05) is 7.11 Å². The van der Waals surface area contributed by atoms with Gasteiger partial charge in [0.05, 0.1) is 18.7 Å². The molecule has 1 heterocycles. The van der Waals surface area contributed by atoms with Crippen LogP contribution < -0.4 is 10.1 Å². The number of ether oxygens (including phenoxy) is 1. The molecule has 1 aromatic heterocycles. The van der Waals surface area contributed by atoms with Gasteiger partial charge in [-0.25, -0.2) is 0 Å². The molecule has 0 aliphatic carbocycles. The maximum absolute atomic E-state index is 12.4. The van der Waals surface area contributed by atoms with E-state index in [1.54, 1.807) is 19.4 Å². The lowest BCUT2D eigenvalue weighted by Crippen LogP contribution is -2.26. The molecular formula is C19H18N2O2. The Bertz CT molecular complexity index is 828. The lowest BCUT2D eigenvalue weighted by Gasteiger charge is -2.15. The summed E-state index contributed by atoms with van der Waals surface area (Å²) in [7, 11) is 1.63. The number of carbonyl (C=O) groups is 1. The van der Waals surface area contributed by atoms with Crippen molar-refractivity contribution in [3.05, 3.63) is 71.9 Å². The number of hydrogen-bond donors (Lipinski definition) is 1. The number of amides is 1. The van der Waals surface area contributed by atoms with Gasteiger partial charge in [-0.15, -0.1) is 0 Å². The molecule has 23 heavy (non-hydrogen) atoms. The van der Waals surface area contributed by atoms with Crippen LogP contribution in [0.25, 0.3) is 10.9 Å². The minimum absolute atomic E-state index is 0.0852. The van der Waals surface area contributed by atoms with Crippen molar-refractivity contribution in [1.29, 1.82) is 0 Å². The average molecular weight is 306 g/mol. The van der Waals surface area contributed by atoms with E-state index in [0.717, 1.165) is 22.2 Å². The number of carbonyl (C=O) groups excluding carboxylic acids is 1. The third kappa shape index (κ3) is 3.31. The van der Waals surface area contributed by atoms with Gasteiger partial charge in [0.25, 0.3) is 5.91 Å². The van der Waals surface area contributed by atoms with Crippen LogP contribution in [0.15, 0.2) is 60.8 Å². The van der Waals surface area contributed by atoms with Crippen molar-refractivity contribution in [3.63, 3.8) is 0 Å². The molecule has 0 saturated carbocycles. The number of benzene rings is 2. The molecule has 0 saturated heterocycles. The zero-order chi connectivity index (χ0) is 16.2. The van der Waals surface area contributed by atoms with Crippen LogP contribution >= 0.6 is 0 Å². The number of aromatic nitrogens is 1. The molecule has 0 fully saturated rings. The summed E-state index contributed by atoms with van der Waals surface area (Å²) in [5.41, 5.74) is 2.54. The number of rotatable bonds is 4. The Morgan fingerprint density at radius 2 is 1.91 bits per heavy atom. The summed E-state index contributed by atoms with van der Waals surface area (Å²) in [6.07, 6.45) is 1.74. The normalized spacial score (nSPS) is 11.9.